The molecule has 1 aliphatic heterocycles. The first-order chi connectivity index (χ1) is 7.68. The number of piperazine rings is 1. The lowest BCUT2D eigenvalue weighted by molar-refractivity contribution is 0.0734. The van der Waals surface area contributed by atoms with E-state index in [2.05, 4.69) is 5.32 Å². The highest BCUT2D eigenvalue weighted by atomic mass is 35.5. The molecule has 0 aliphatic carbocycles. The molecule has 0 spiro atoms. The van der Waals surface area contributed by atoms with Gasteiger partial charge >= 0.3 is 0 Å². The minimum absolute atomic E-state index is 0. The van der Waals surface area contributed by atoms with Gasteiger partial charge in [-0.15, -0.1) is 12.4 Å². The van der Waals surface area contributed by atoms with E-state index < -0.39 is 0 Å². The molecular weight excluding hydrogens is 243 g/mol. The second kappa shape index (κ2) is 5.98. The van der Waals surface area contributed by atoms with E-state index in [1.165, 1.54) is 12.1 Å². The lowest BCUT2D eigenvalue weighted by atomic mass is 10.1. The first-order valence-corrected chi connectivity index (χ1v) is 5.44. The van der Waals surface area contributed by atoms with Gasteiger partial charge in [0.1, 0.15) is 5.82 Å². The Kier molecular flexibility index (Phi) is 4.90. The van der Waals surface area contributed by atoms with Crippen LogP contribution in [0.15, 0.2) is 18.2 Å². The van der Waals surface area contributed by atoms with Crippen LogP contribution in [-0.2, 0) is 0 Å². The molecule has 0 saturated carbocycles. The van der Waals surface area contributed by atoms with Crippen LogP contribution in [0.2, 0.25) is 0 Å². The van der Waals surface area contributed by atoms with Crippen LogP contribution in [0.25, 0.3) is 0 Å². The largest absolute Gasteiger partial charge is 0.336 e. The van der Waals surface area contributed by atoms with E-state index in [-0.39, 0.29) is 24.1 Å². The predicted molar refractivity (Wildman–Crippen MR) is 67.2 cm³/mol. The summed E-state index contributed by atoms with van der Waals surface area (Å²) in [6, 6.07) is 4.34. The second-order valence-corrected chi connectivity index (χ2v) is 4.00. The molecular formula is C12H16ClFN2O. The van der Waals surface area contributed by atoms with Crippen molar-refractivity contribution in [3.05, 3.63) is 35.1 Å². The average molecular weight is 259 g/mol. The van der Waals surface area contributed by atoms with E-state index in [9.17, 15) is 9.18 Å². The van der Waals surface area contributed by atoms with Crippen molar-refractivity contribution in [3.8, 4) is 0 Å². The van der Waals surface area contributed by atoms with Crippen LogP contribution in [-0.4, -0.2) is 37.0 Å². The van der Waals surface area contributed by atoms with Crippen molar-refractivity contribution >= 4 is 18.3 Å². The molecule has 0 bridgehead atoms. The predicted octanol–water partition coefficient (Wildman–Crippen LogP) is 1.60. The minimum atomic E-state index is -0.357. The molecule has 2 rings (SSSR count). The fraction of sp³-hybridized carbons (Fsp3) is 0.417. The molecule has 1 aliphatic rings. The van der Waals surface area contributed by atoms with Crippen molar-refractivity contribution in [3.63, 3.8) is 0 Å². The number of carbonyl (C=O) groups is 1. The Labute approximate surface area is 106 Å². The van der Waals surface area contributed by atoms with E-state index in [0.29, 0.717) is 18.7 Å². The minimum Gasteiger partial charge on any atom is -0.336 e. The van der Waals surface area contributed by atoms with E-state index in [0.717, 1.165) is 18.7 Å². The summed E-state index contributed by atoms with van der Waals surface area (Å²) in [6.07, 6.45) is 0. The highest BCUT2D eigenvalue weighted by molar-refractivity contribution is 5.95. The molecule has 94 valence electrons. The third-order valence-corrected chi connectivity index (χ3v) is 2.83. The maximum absolute atomic E-state index is 13.1. The standard InChI is InChI=1S/C12H15FN2O.ClH/c1-9-2-3-10(13)8-11(9)12(16)15-6-4-14-5-7-15;/h2-3,8,14H,4-7H2,1H3;1H. The SMILES string of the molecule is Cc1ccc(F)cc1C(=O)N1CCNCC1.Cl. The molecule has 17 heavy (non-hydrogen) atoms. The number of nitrogens with one attached hydrogen (secondary N) is 1. The number of hydrogen-bond donors (Lipinski definition) is 1. The van der Waals surface area contributed by atoms with Gasteiger partial charge in [-0.05, 0) is 24.6 Å². The van der Waals surface area contributed by atoms with Gasteiger partial charge in [0.15, 0.2) is 0 Å². The Balaban J connectivity index is 0.00000144. The van der Waals surface area contributed by atoms with Gasteiger partial charge in [0.2, 0.25) is 0 Å². The molecule has 3 nitrogen and oxygen atoms in total. The topological polar surface area (TPSA) is 32.3 Å². The molecule has 0 atom stereocenters. The molecule has 5 heteroatoms. The first-order valence-electron chi connectivity index (χ1n) is 5.44. The number of nitrogens with zero attached hydrogens (tertiary/aromatic N) is 1. The highest BCUT2D eigenvalue weighted by Crippen LogP contribution is 2.13. The van der Waals surface area contributed by atoms with E-state index in [4.69, 9.17) is 0 Å². The van der Waals surface area contributed by atoms with Gasteiger partial charge in [0.05, 0.1) is 0 Å². The quantitative estimate of drug-likeness (QED) is 0.830. The zero-order chi connectivity index (χ0) is 11.5. The molecule has 0 aromatic heterocycles. The van der Waals surface area contributed by atoms with Crippen molar-refractivity contribution in [2.75, 3.05) is 26.2 Å². The fourth-order valence-electron chi connectivity index (χ4n) is 1.86. The van der Waals surface area contributed by atoms with E-state index in [1.807, 2.05) is 6.92 Å². The van der Waals surface area contributed by atoms with Crippen LogP contribution in [0, 0.1) is 12.7 Å². The number of aryl methyl sites for hydroxylation is 1. The normalized spacial score (nSPS) is 15.3. The first kappa shape index (κ1) is 13.9. The summed E-state index contributed by atoms with van der Waals surface area (Å²) >= 11 is 0. The molecule has 1 amide bonds. The average Bonchev–Trinajstić information content (AvgIpc) is 2.32. The number of benzene rings is 1. The fourth-order valence-corrected chi connectivity index (χ4v) is 1.86. The zero-order valence-electron chi connectivity index (χ0n) is 9.70. The number of hydrogen-bond acceptors (Lipinski definition) is 2. The summed E-state index contributed by atoms with van der Waals surface area (Å²) in [6.45, 7) is 4.82. The van der Waals surface area contributed by atoms with Gasteiger partial charge in [-0.1, -0.05) is 6.07 Å². The van der Waals surface area contributed by atoms with Crippen LogP contribution in [0.1, 0.15) is 15.9 Å². The summed E-state index contributed by atoms with van der Waals surface area (Å²) < 4.78 is 13.1. The van der Waals surface area contributed by atoms with E-state index in [1.54, 1.807) is 11.0 Å². The summed E-state index contributed by atoms with van der Waals surface area (Å²) in [7, 11) is 0. The van der Waals surface area contributed by atoms with Crippen LogP contribution in [0.5, 0.6) is 0 Å². The molecule has 1 aromatic rings. The van der Waals surface area contributed by atoms with Crippen LogP contribution in [0.3, 0.4) is 0 Å². The summed E-state index contributed by atoms with van der Waals surface area (Å²) in [4.78, 5) is 13.9. The molecule has 0 radical (unpaired) electrons. The van der Waals surface area contributed by atoms with Crippen molar-refractivity contribution in [2.45, 2.75) is 6.92 Å². The summed E-state index contributed by atoms with van der Waals surface area (Å²) in [5.41, 5.74) is 1.30. The number of halogens is 2. The van der Waals surface area contributed by atoms with Gasteiger partial charge in [-0.2, -0.15) is 0 Å². The van der Waals surface area contributed by atoms with E-state index >= 15 is 0 Å². The van der Waals surface area contributed by atoms with Crippen molar-refractivity contribution in [2.24, 2.45) is 0 Å². The maximum Gasteiger partial charge on any atom is 0.254 e. The molecule has 0 unspecified atom stereocenters. The molecule has 1 fully saturated rings. The van der Waals surface area contributed by atoms with Crippen molar-refractivity contribution < 1.29 is 9.18 Å². The number of carbonyl (C=O) groups excluding carboxylic acids is 1. The Morgan fingerprint density at radius 3 is 2.65 bits per heavy atom. The Bertz CT molecular complexity index is 405. The smallest absolute Gasteiger partial charge is 0.254 e. The van der Waals surface area contributed by atoms with Gasteiger partial charge < -0.3 is 10.2 Å². The number of rotatable bonds is 1. The van der Waals surface area contributed by atoms with Gasteiger partial charge in [-0.3, -0.25) is 4.79 Å². The second-order valence-electron chi connectivity index (χ2n) is 4.00. The van der Waals surface area contributed by atoms with Crippen LogP contribution in [0.4, 0.5) is 4.39 Å². The lowest BCUT2D eigenvalue weighted by Crippen LogP contribution is -2.46. The van der Waals surface area contributed by atoms with Gasteiger partial charge in [-0.25, -0.2) is 4.39 Å². The van der Waals surface area contributed by atoms with Gasteiger partial charge in [0.25, 0.3) is 5.91 Å². The summed E-state index contributed by atoms with van der Waals surface area (Å²) in [5.74, 6) is -0.428. The monoisotopic (exact) mass is 258 g/mol. The third-order valence-electron chi connectivity index (χ3n) is 2.83. The Morgan fingerprint density at radius 1 is 1.35 bits per heavy atom. The Hall–Kier alpha value is -1.13. The molecule has 1 saturated heterocycles. The summed E-state index contributed by atoms with van der Waals surface area (Å²) in [5, 5.41) is 3.18. The molecule has 1 N–H and O–H groups in total. The molecule has 1 aromatic carbocycles. The Morgan fingerprint density at radius 2 is 2.00 bits per heavy atom. The zero-order valence-corrected chi connectivity index (χ0v) is 10.5. The van der Waals surface area contributed by atoms with Crippen molar-refractivity contribution in [1.29, 1.82) is 0 Å². The van der Waals surface area contributed by atoms with Crippen molar-refractivity contribution in [1.82, 2.24) is 10.2 Å². The van der Waals surface area contributed by atoms with Crippen LogP contribution >= 0.6 is 12.4 Å². The maximum atomic E-state index is 13.1. The lowest BCUT2D eigenvalue weighted by Gasteiger charge is -2.28. The third kappa shape index (κ3) is 3.17. The van der Waals surface area contributed by atoms with Gasteiger partial charge in [0, 0.05) is 31.7 Å². The highest BCUT2D eigenvalue weighted by Gasteiger charge is 2.19. The number of amides is 1. The van der Waals surface area contributed by atoms with Crippen LogP contribution < -0.4 is 5.32 Å². The molecule has 1 heterocycles.